The molecule has 0 amide bonds. The van der Waals surface area contributed by atoms with Crippen LogP contribution in [0.25, 0.3) is 0 Å². The molecule has 2 aromatic rings. The van der Waals surface area contributed by atoms with Crippen molar-refractivity contribution >= 4 is 60.7 Å². The molecule has 0 bridgehead atoms. The van der Waals surface area contributed by atoms with Gasteiger partial charge >= 0.3 is 0 Å². The number of halogens is 2. The molecule has 1 aromatic heterocycles. The lowest BCUT2D eigenvalue weighted by Crippen LogP contribution is -2.01. The van der Waals surface area contributed by atoms with Crippen molar-refractivity contribution in [3.05, 3.63) is 48.5 Å². The molecule has 19 heavy (non-hydrogen) atoms. The van der Waals surface area contributed by atoms with Crippen LogP contribution in [0.2, 0.25) is 0 Å². The van der Waals surface area contributed by atoms with Crippen LogP contribution in [-0.2, 0) is 0 Å². The van der Waals surface area contributed by atoms with Gasteiger partial charge in [0.2, 0.25) is 0 Å². The Balaban J connectivity index is 2.04. The van der Waals surface area contributed by atoms with Crippen LogP contribution < -0.4 is 0 Å². The minimum Gasteiger partial charge on any atom is -0.293 e. The van der Waals surface area contributed by atoms with E-state index in [1.165, 1.54) is 22.5 Å². The van der Waals surface area contributed by atoms with Gasteiger partial charge in [-0.3, -0.25) is 4.79 Å². The van der Waals surface area contributed by atoms with Gasteiger partial charge in [-0.2, -0.15) is 0 Å². The summed E-state index contributed by atoms with van der Waals surface area (Å²) in [6, 6.07) is 8.17. The van der Waals surface area contributed by atoms with Gasteiger partial charge in [-0.1, -0.05) is 6.07 Å². The zero-order valence-electron chi connectivity index (χ0n) is 10.5. The Morgan fingerprint density at radius 1 is 1.21 bits per heavy atom. The van der Waals surface area contributed by atoms with Crippen molar-refractivity contribution in [2.24, 2.45) is 0 Å². The molecule has 0 atom stereocenters. The van der Waals surface area contributed by atoms with E-state index < -0.39 is 0 Å². The van der Waals surface area contributed by atoms with Crippen LogP contribution in [0.4, 0.5) is 0 Å². The number of carbonyl (C=O) groups is 1. The monoisotopic (exact) mass is 418 g/mol. The van der Waals surface area contributed by atoms with Crippen LogP contribution >= 0.6 is 55.0 Å². The summed E-state index contributed by atoms with van der Waals surface area (Å²) in [5.41, 5.74) is 3.30. The van der Waals surface area contributed by atoms with Gasteiger partial charge in [0.25, 0.3) is 0 Å². The molecule has 0 radical (unpaired) electrons. The first kappa shape index (κ1) is 15.3. The average Bonchev–Trinajstić information content (AvgIpc) is 2.70. The van der Waals surface area contributed by atoms with Crippen molar-refractivity contribution in [3.8, 4) is 0 Å². The summed E-state index contributed by atoms with van der Waals surface area (Å²) < 4.78 is 1.86. The van der Waals surface area contributed by atoms with Gasteiger partial charge in [0, 0.05) is 10.5 Å². The maximum atomic E-state index is 12.1. The predicted molar refractivity (Wildman–Crippen MR) is 90.7 cm³/mol. The minimum absolute atomic E-state index is 0.150. The molecular weight excluding hydrogens is 408 g/mol. The minimum atomic E-state index is 0.150. The Bertz CT molecular complexity index is 620. The number of Topliss-reactive ketones (excluding diaryl/α,β-unsaturated/α-hetero) is 1. The van der Waals surface area contributed by atoms with Crippen molar-refractivity contribution in [3.63, 3.8) is 0 Å². The Morgan fingerprint density at radius 2 is 1.95 bits per heavy atom. The second-order valence-electron chi connectivity index (χ2n) is 4.20. The van der Waals surface area contributed by atoms with Gasteiger partial charge in [0.05, 0.1) is 13.3 Å². The summed E-state index contributed by atoms with van der Waals surface area (Å²) in [6.07, 6.45) is 0. The van der Waals surface area contributed by atoms with Crippen molar-refractivity contribution in [2.45, 2.75) is 18.7 Å². The molecule has 1 heterocycles. The van der Waals surface area contributed by atoms with E-state index in [1.54, 1.807) is 11.8 Å². The Morgan fingerprint density at radius 3 is 2.53 bits per heavy atom. The van der Waals surface area contributed by atoms with Crippen molar-refractivity contribution < 1.29 is 4.79 Å². The number of aryl methyl sites for hydroxylation is 2. The third kappa shape index (κ3) is 3.94. The fourth-order valence-electron chi connectivity index (χ4n) is 1.56. The highest BCUT2D eigenvalue weighted by Crippen LogP contribution is 2.33. The lowest BCUT2D eigenvalue weighted by molar-refractivity contribution is 0.102. The van der Waals surface area contributed by atoms with Crippen molar-refractivity contribution in [1.82, 2.24) is 0 Å². The molecule has 0 N–H and O–H groups in total. The maximum Gasteiger partial charge on any atom is 0.175 e. The summed E-state index contributed by atoms with van der Waals surface area (Å²) in [4.78, 5) is 13.3. The second-order valence-corrected chi connectivity index (χ2v) is 8.99. The van der Waals surface area contributed by atoms with Crippen LogP contribution in [0.1, 0.15) is 21.5 Å². The molecule has 1 nitrogen and oxygen atoms in total. The molecule has 0 saturated heterocycles. The Hall–Kier alpha value is -0.100. The van der Waals surface area contributed by atoms with E-state index in [4.69, 9.17) is 0 Å². The molecule has 0 fully saturated rings. The van der Waals surface area contributed by atoms with Crippen LogP contribution in [-0.4, -0.2) is 11.5 Å². The maximum absolute atomic E-state index is 12.1. The predicted octanol–water partition coefficient (Wildman–Crippen LogP) is 5.86. The molecule has 100 valence electrons. The van der Waals surface area contributed by atoms with Gasteiger partial charge in [0.1, 0.15) is 0 Å². The Labute approximate surface area is 138 Å². The summed E-state index contributed by atoms with van der Waals surface area (Å²) in [6.45, 7) is 4.18. The quantitative estimate of drug-likeness (QED) is 0.455. The summed E-state index contributed by atoms with van der Waals surface area (Å²) in [7, 11) is 0. The number of thioether (sulfide) groups is 1. The van der Waals surface area contributed by atoms with Gasteiger partial charge in [-0.05, 0) is 75.0 Å². The number of ketones is 1. The number of rotatable bonds is 4. The third-order valence-electron chi connectivity index (χ3n) is 2.81. The van der Waals surface area contributed by atoms with E-state index >= 15 is 0 Å². The average molecular weight is 420 g/mol. The zero-order valence-corrected chi connectivity index (χ0v) is 15.3. The van der Waals surface area contributed by atoms with E-state index in [0.717, 1.165) is 18.0 Å². The fourth-order valence-corrected chi connectivity index (χ4v) is 5.29. The topological polar surface area (TPSA) is 17.1 Å². The van der Waals surface area contributed by atoms with Crippen LogP contribution in [0.15, 0.2) is 36.7 Å². The van der Waals surface area contributed by atoms with Gasteiger partial charge < -0.3 is 0 Å². The number of hydrogen-bond donors (Lipinski definition) is 0. The second kappa shape index (κ2) is 6.57. The standard InChI is InChI=1S/C14H12Br2OS2/c1-8-3-4-10(5-9(8)2)18-7-12(17)11-6-13(15)19-14(11)16/h3-6H,7H2,1-2H3. The lowest BCUT2D eigenvalue weighted by Gasteiger charge is -2.04. The molecule has 0 aliphatic carbocycles. The SMILES string of the molecule is Cc1ccc(SCC(=O)c2cc(Br)sc2Br)cc1C. The van der Waals surface area contributed by atoms with E-state index in [0.29, 0.717) is 5.75 Å². The number of carbonyl (C=O) groups excluding carboxylic acids is 1. The molecule has 1 aromatic carbocycles. The first-order valence-corrected chi connectivity index (χ1v) is 9.04. The van der Waals surface area contributed by atoms with Crippen LogP contribution in [0, 0.1) is 13.8 Å². The highest BCUT2D eigenvalue weighted by Gasteiger charge is 2.14. The first-order chi connectivity index (χ1) is 8.97. The molecule has 0 unspecified atom stereocenters. The molecule has 0 aliphatic heterocycles. The third-order valence-corrected chi connectivity index (χ3v) is 6.14. The summed E-state index contributed by atoms with van der Waals surface area (Å²) in [5.74, 6) is 0.613. The molecule has 0 aliphatic rings. The lowest BCUT2D eigenvalue weighted by atomic mass is 10.1. The van der Waals surface area contributed by atoms with E-state index in [9.17, 15) is 4.79 Å². The first-order valence-electron chi connectivity index (χ1n) is 5.65. The molecule has 0 spiro atoms. The van der Waals surface area contributed by atoms with Gasteiger partial charge in [-0.15, -0.1) is 23.1 Å². The van der Waals surface area contributed by atoms with E-state index in [-0.39, 0.29) is 5.78 Å². The molecule has 5 heteroatoms. The highest BCUT2D eigenvalue weighted by atomic mass is 79.9. The molecule has 2 rings (SSSR count). The smallest absolute Gasteiger partial charge is 0.175 e. The van der Waals surface area contributed by atoms with Crippen molar-refractivity contribution in [2.75, 3.05) is 5.75 Å². The largest absolute Gasteiger partial charge is 0.293 e. The Kier molecular flexibility index (Phi) is 5.29. The van der Waals surface area contributed by atoms with Crippen LogP contribution in [0.5, 0.6) is 0 Å². The zero-order chi connectivity index (χ0) is 14.0. The number of benzene rings is 1. The van der Waals surface area contributed by atoms with Gasteiger partial charge in [-0.25, -0.2) is 0 Å². The van der Waals surface area contributed by atoms with Gasteiger partial charge in [0.15, 0.2) is 5.78 Å². The molecular formula is C14H12Br2OS2. The molecule has 0 saturated carbocycles. The highest BCUT2D eigenvalue weighted by molar-refractivity contribution is 9.12. The fraction of sp³-hybridized carbons (Fsp3) is 0.214. The normalized spacial score (nSPS) is 10.7. The van der Waals surface area contributed by atoms with E-state index in [2.05, 4.69) is 63.9 Å². The number of hydrogen-bond acceptors (Lipinski definition) is 3. The summed E-state index contributed by atoms with van der Waals surface area (Å²) in [5, 5.41) is 0. The van der Waals surface area contributed by atoms with Crippen LogP contribution in [0.3, 0.4) is 0 Å². The van der Waals surface area contributed by atoms with E-state index in [1.807, 2.05) is 6.07 Å². The summed E-state index contributed by atoms with van der Waals surface area (Å²) >= 11 is 9.93. The van der Waals surface area contributed by atoms with Crippen molar-refractivity contribution in [1.29, 1.82) is 0 Å². The number of thiophene rings is 1.